The Bertz CT molecular complexity index is 919. The van der Waals surface area contributed by atoms with Gasteiger partial charge in [-0.1, -0.05) is 13.8 Å². The van der Waals surface area contributed by atoms with Crippen molar-refractivity contribution in [3.8, 4) is 0 Å². The van der Waals surface area contributed by atoms with Crippen LogP contribution in [-0.2, 0) is 35.2 Å². The highest BCUT2D eigenvalue weighted by Gasteiger charge is 2.32. The van der Waals surface area contributed by atoms with E-state index in [2.05, 4.69) is 25.9 Å². The van der Waals surface area contributed by atoms with E-state index in [0.29, 0.717) is 5.69 Å². The van der Waals surface area contributed by atoms with E-state index in [1.54, 1.807) is 13.8 Å². The molecule has 0 bridgehead atoms. The maximum Gasteiger partial charge on any atom is 0.326 e. The highest BCUT2D eigenvalue weighted by Crippen LogP contribution is 2.07. The van der Waals surface area contributed by atoms with Crippen molar-refractivity contribution in [2.45, 2.75) is 63.7 Å². The molecule has 0 aromatic carbocycles. The first-order valence-electron chi connectivity index (χ1n) is 10.7. The van der Waals surface area contributed by atoms with Crippen LogP contribution in [0.4, 0.5) is 0 Å². The highest BCUT2D eigenvalue weighted by atomic mass is 16.4. The van der Waals surface area contributed by atoms with E-state index in [4.69, 9.17) is 16.6 Å². The van der Waals surface area contributed by atoms with Crippen LogP contribution in [0.15, 0.2) is 12.5 Å². The fraction of sp³-hybridized carbons (Fsp3) is 0.550. The van der Waals surface area contributed by atoms with Gasteiger partial charge in [0.05, 0.1) is 18.8 Å². The average molecular weight is 498 g/mol. The Morgan fingerprint density at radius 3 is 2.09 bits per heavy atom. The van der Waals surface area contributed by atoms with Gasteiger partial charge in [-0.3, -0.25) is 24.0 Å². The van der Waals surface area contributed by atoms with Gasteiger partial charge in [0.2, 0.25) is 23.6 Å². The smallest absolute Gasteiger partial charge is 0.326 e. The third kappa shape index (κ3) is 10.2. The third-order valence-corrected chi connectivity index (χ3v) is 4.89. The number of primary amides is 1. The second kappa shape index (κ2) is 13.6. The summed E-state index contributed by atoms with van der Waals surface area (Å²) in [5.41, 5.74) is 11.1. The number of carbonyl (C=O) groups excluding carboxylic acids is 4. The van der Waals surface area contributed by atoms with Crippen molar-refractivity contribution >= 4 is 35.6 Å². The molecule has 0 fully saturated rings. The molecule has 0 spiro atoms. The standard InChI is InChI=1S/C20H31N7O8/c1-9(2)16(20(34)35)27-19(33)13(5-10-7-23-8-24-10)26-18(32)12(3-4-14(22)28)25-17(31)11(21)6-15(29)30/h7-9,11-13,16H,3-6,21H2,1-2H3,(H2,22,28)(H,23,24)(H,25,31)(H,26,32)(H,27,33)(H,29,30)(H,34,35). The van der Waals surface area contributed by atoms with Gasteiger partial charge >= 0.3 is 11.9 Å². The lowest BCUT2D eigenvalue weighted by Crippen LogP contribution is -2.58. The summed E-state index contributed by atoms with van der Waals surface area (Å²) in [5.74, 6) is -6.48. The first-order valence-corrected chi connectivity index (χ1v) is 10.7. The fourth-order valence-electron chi connectivity index (χ4n) is 2.98. The summed E-state index contributed by atoms with van der Waals surface area (Å²) >= 11 is 0. The topological polar surface area (TPSA) is 260 Å². The lowest BCUT2D eigenvalue weighted by molar-refractivity contribution is -0.143. The normalized spacial score (nSPS) is 14.3. The van der Waals surface area contributed by atoms with Crippen LogP contribution in [0.5, 0.6) is 0 Å². The van der Waals surface area contributed by atoms with E-state index in [9.17, 15) is 33.9 Å². The van der Waals surface area contributed by atoms with Gasteiger partial charge in [-0.15, -0.1) is 0 Å². The van der Waals surface area contributed by atoms with Crippen molar-refractivity contribution in [1.29, 1.82) is 0 Å². The average Bonchev–Trinajstić information content (AvgIpc) is 3.25. The van der Waals surface area contributed by atoms with Gasteiger partial charge in [-0.25, -0.2) is 9.78 Å². The molecule has 4 amide bonds. The number of amides is 4. The van der Waals surface area contributed by atoms with Crippen molar-refractivity contribution in [1.82, 2.24) is 25.9 Å². The molecule has 1 aromatic heterocycles. The Labute approximate surface area is 200 Å². The summed E-state index contributed by atoms with van der Waals surface area (Å²) in [4.78, 5) is 78.3. The Morgan fingerprint density at radius 2 is 1.60 bits per heavy atom. The molecular formula is C20H31N7O8. The monoisotopic (exact) mass is 497 g/mol. The zero-order valence-corrected chi connectivity index (χ0v) is 19.3. The molecule has 194 valence electrons. The summed E-state index contributed by atoms with van der Waals surface area (Å²) in [5, 5.41) is 25.2. The molecule has 10 N–H and O–H groups in total. The van der Waals surface area contributed by atoms with E-state index in [1.807, 2.05) is 0 Å². The number of H-pyrrole nitrogens is 1. The molecule has 15 heteroatoms. The molecule has 1 heterocycles. The van der Waals surface area contributed by atoms with Crippen LogP contribution in [0.25, 0.3) is 0 Å². The zero-order valence-electron chi connectivity index (χ0n) is 19.3. The number of nitrogens with one attached hydrogen (secondary N) is 4. The van der Waals surface area contributed by atoms with Crippen LogP contribution in [-0.4, -0.2) is 79.9 Å². The molecular weight excluding hydrogens is 466 g/mol. The largest absolute Gasteiger partial charge is 0.481 e. The first kappa shape index (κ1) is 29.0. The molecule has 15 nitrogen and oxygen atoms in total. The Kier molecular flexibility index (Phi) is 11.3. The van der Waals surface area contributed by atoms with E-state index >= 15 is 0 Å². The number of aliphatic carboxylic acids is 2. The molecule has 4 unspecified atom stereocenters. The van der Waals surface area contributed by atoms with Gasteiger partial charge in [0.1, 0.15) is 18.1 Å². The molecule has 0 radical (unpaired) electrons. The Hall–Kier alpha value is -4.01. The lowest BCUT2D eigenvalue weighted by Gasteiger charge is -2.25. The molecule has 0 aliphatic rings. The van der Waals surface area contributed by atoms with Gasteiger partial charge in [-0.05, 0) is 12.3 Å². The van der Waals surface area contributed by atoms with E-state index in [1.165, 1.54) is 12.5 Å². The highest BCUT2D eigenvalue weighted by molar-refractivity contribution is 5.95. The van der Waals surface area contributed by atoms with Crippen molar-refractivity contribution in [3.63, 3.8) is 0 Å². The molecule has 0 saturated carbocycles. The van der Waals surface area contributed by atoms with Gasteiger partial charge < -0.3 is 42.6 Å². The van der Waals surface area contributed by atoms with E-state index < -0.39 is 72.1 Å². The van der Waals surface area contributed by atoms with Crippen molar-refractivity contribution in [3.05, 3.63) is 18.2 Å². The fourth-order valence-corrected chi connectivity index (χ4v) is 2.98. The number of aromatic amines is 1. The number of imidazole rings is 1. The molecule has 0 saturated heterocycles. The van der Waals surface area contributed by atoms with Crippen LogP contribution >= 0.6 is 0 Å². The molecule has 0 aliphatic carbocycles. The van der Waals surface area contributed by atoms with E-state index in [0.717, 1.165) is 0 Å². The number of hydrogen-bond acceptors (Lipinski definition) is 8. The number of carbonyl (C=O) groups is 6. The SMILES string of the molecule is CC(C)C(NC(=O)C(Cc1cnc[nH]1)NC(=O)C(CCC(N)=O)NC(=O)C(N)CC(=O)O)C(=O)O. The minimum Gasteiger partial charge on any atom is -0.481 e. The van der Waals surface area contributed by atoms with Crippen LogP contribution in [0.2, 0.25) is 0 Å². The summed E-state index contributed by atoms with van der Waals surface area (Å²) in [7, 11) is 0. The molecule has 1 aromatic rings. The number of carboxylic acids is 2. The predicted octanol–water partition coefficient (Wildman–Crippen LogP) is -2.79. The van der Waals surface area contributed by atoms with Crippen LogP contribution in [0.1, 0.15) is 38.8 Å². The quantitative estimate of drug-likeness (QED) is 0.123. The minimum absolute atomic E-state index is 0.100. The van der Waals surface area contributed by atoms with E-state index in [-0.39, 0.29) is 19.3 Å². The summed E-state index contributed by atoms with van der Waals surface area (Å²) < 4.78 is 0. The molecule has 4 atom stereocenters. The molecule has 1 rings (SSSR count). The first-order chi connectivity index (χ1) is 16.3. The van der Waals surface area contributed by atoms with Gasteiger partial charge in [0.25, 0.3) is 0 Å². The van der Waals surface area contributed by atoms with Crippen molar-refractivity contribution in [2.75, 3.05) is 0 Å². The van der Waals surface area contributed by atoms with Crippen LogP contribution in [0.3, 0.4) is 0 Å². The summed E-state index contributed by atoms with van der Waals surface area (Å²) in [6.45, 7) is 3.19. The number of carboxylic acid groups (broad SMARTS) is 2. The zero-order chi connectivity index (χ0) is 26.7. The van der Waals surface area contributed by atoms with Crippen LogP contribution < -0.4 is 27.4 Å². The maximum atomic E-state index is 13.0. The summed E-state index contributed by atoms with van der Waals surface area (Å²) in [6, 6.07) is -5.37. The molecule has 0 aliphatic heterocycles. The van der Waals surface area contributed by atoms with Crippen molar-refractivity contribution in [2.24, 2.45) is 17.4 Å². The Morgan fingerprint density at radius 1 is 1.00 bits per heavy atom. The maximum absolute atomic E-state index is 13.0. The second-order valence-corrected chi connectivity index (χ2v) is 8.18. The van der Waals surface area contributed by atoms with Crippen molar-refractivity contribution < 1.29 is 39.0 Å². The number of hydrogen-bond donors (Lipinski definition) is 8. The molecule has 35 heavy (non-hydrogen) atoms. The number of rotatable bonds is 15. The van der Waals surface area contributed by atoms with Gasteiger partial charge in [0.15, 0.2) is 0 Å². The number of aromatic nitrogens is 2. The predicted molar refractivity (Wildman–Crippen MR) is 119 cm³/mol. The second-order valence-electron chi connectivity index (χ2n) is 8.18. The summed E-state index contributed by atoms with van der Waals surface area (Å²) in [6.07, 6.45) is 1.39. The van der Waals surface area contributed by atoms with Crippen LogP contribution in [0, 0.1) is 5.92 Å². The number of nitrogens with zero attached hydrogens (tertiary/aromatic N) is 1. The Balaban J connectivity index is 3.09. The minimum atomic E-state index is -1.47. The lowest BCUT2D eigenvalue weighted by atomic mass is 10.0. The van der Waals surface area contributed by atoms with Gasteiger partial charge in [0, 0.05) is 24.7 Å². The third-order valence-electron chi connectivity index (χ3n) is 4.89. The number of nitrogens with two attached hydrogens (primary N) is 2. The van der Waals surface area contributed by atoms with Gasteiger partial charge in [-0.2, -0.15) is 0 Å².